The molecule has 21 heavy (non-hydrogen) atoms. The highest BCUT2D eigenvalue weighted by atomic mass is 35.5. The molecule has 0 heterocycles. The molecule has 0 saturated carbocycles. The zero-order valence-corrected chi connectivity index (χ0v) is 12.2. The molecule has 0 unspecified atom stereocenters. The smallest absolute Gasteiger partial charge is 0.177 e. The summed E-state index contributed by atoms with van der Waals surface area (Å²) >= 11 is 5.79. The minimum absolute atomic E-state index is 0.265. The van der Waals surface area contributed by atoms with Crippen molar-refractivity contribution in [1.29, 1.82) is 5.26 Å². The average Bonchev–Trinajstić information content (AvgIpc) is 2.53. The van der Waals surface area contributed by atoms with Crippen molar-refractivity contribution in [1.82, 2.24) is 5.01 Å². The van der Waals surface area contributed by atoms with E-state index < -0.39 is 0 Å². The van der Waals surface area contributed by atoms with Gasteiger partial charge in [-0.2, -0.15) is 5.26 Å². The third-order valence-corrected chi connectivity index (χ3v) is 2.79. The third kappa shape index (κ3) is 4.79. The van der Waals surface area contributed by atoms with Crippen LogP contribution in [0, 0.1) is 11.3 Å². The SMILES string of the molecule is CN(COc1ccc(Cl)cc1)N=Nc1ccc(C#N)cc1. The predicted octanol–water partition coefficient (Wildman–Crippen LogP) is 4.18. The zero-order valence-electron chi connectivity index (χ0n) is 11.4. The van der Waals surface area contributed by atoms with E-state index >= 15 is 0 Å². The van der Waals surface area contributed by atoms with Gasteiger partial charge in [0.15, 0.2) is 6.73 Å². The first-order valence-corrected chi connectivity index (χ1v) is 6.56. The maximum atomic E-state index is 8.70. The molecule has 5 nitrogen and oxygen atoms in total. The summed E-state index contributed by atoms with van der Waals surface area (Å²) in [6.07, 6.45) is 0. The number of hydrogen-bond donors (Lipinski definition) is 0. The first-order valence-electron chi connectivity index (χ1n) is 6.19. The minimum Gasteiger partial charge on any atom is -0.472 e. The Labute approximate surface area is 128 Å². The molecule has 0 saturated heterocycles. The molecule has 106 valence electrons. The normalized spacial score (nSPS) is 10.3. The van der Waals surface area contributed by atoms with E-state index in [-0.39, 0.29) is 6.73 Å². The molecular weight excluding hydrogens is 288 g/mol. The van der Waals surface area contributed by atoms with E-state index in [4.69, 9.17) is 21.6 Å². The fourth-order valence-electron chi connectivity index (χ4n) is 1.46. The molecule has 0 fully saturated rings. The maximum Gasteiger partial charge on any atom is 0.177 e. The van der Waals surface area contributed by atoms with Gasteiger partial charge in [0.05, 0.1) is 17.3 Å². The molecule has 0 spiro atoms. The lowest BCUT2D eigenvalue weighted by molar-refractivity contribution is 0.149. The molecule has 0 N–H and O–H groups in total. The molecule has 6 heteroatoms. The minimum atomic E-state index is 0.265. The second kappa shape index (κ2) is 7.27. The number of hydrogen-bond acceptors (Lipinski definition) is 4. The largest absolute Gasteiger partial charge is 0.472 e. The average molecular weight is 301 g/mol. The molecule has 0 amide bonds. The molecular formula is C15H13ClN4O. The van der Waals surface area contributed by atoms with Gasteiger partial charge in [-0.05, 0) is 48.5 Å². The Morgan fingerprint density at radius 1 is 1.14 bits per heavy atom. The number of ether oxygens (including phenoxy) is 1. The lowest BCUT2D eigenvalue weighted by atomic mass is 10.2. The van der Waals surface area contributed by atoms with E-state index in [2.05, 4.69) is 10.3 Å². The van der Waals surface area contributed by atoms with E-state index in [9.17, 15) is 0 Å². The second-order valence-corrected chi connectivity index (χ2v) is 4.67. The van der Waals surface area contributed by atoms with Gasteiger partial charge in [-0.3, -0.25) is 0 Å². The van der Waals surface area contributed by atoms with E-state index in [0.717, 1.165) is 0 Å². The molecule has 0 radical (unpaired) electrons. The van der Waals surface area contributed by atoms with Gasteiger partial charge >= 0.3 is 0 Å². The number of rotatable bonds is 5. The first-order chi connectivity index (χ1) is 10.2. The Bertz CT molecular complexity index is 647. The van der Waals surface area contributed by atoms with Crippen molar-refractivity contribution in [3.8, 4) is 11.8 Å². The Balaban J connectivity index is 1.85. The first kappa shape index (κ1) is 14.8. The van der Waals surface area contributed by atoms with Gasteiger partial charge < -0.3 is 4.74 Å². The van der Waals surface area contributed by atoms with E-state index in [1.54, 1.807) is 60.6 Å². The van der Waals surface area contributed by atoms with Crippen molar-refractivity contribution in [3.05, 3.63) is 59.1 Å². The second-order valence-electron chi connectivity index (χ2n) is 4.23. The van der Waals surface area contributed by atoms with Gasteiger partial charge in [0, 0.05) is 12.1 Å². The number of nitrogens with zero attached hydrogens (tertiary/aromatic N) is 4. The summed E-state index contributed by atoms with van der Waals surface area (Å²) in [6.45, 7) is 0.265. The Hall–Kier alpha value is -2.58. The summed E-state index contributed by atoms with van der Waals surface area (Å²) in [5.74, 6) is 0.708. The molecule has 0 aliphatic heterocycles. The van der Waals surface area contributed by atoms with E-state index in [1.807, 2.05) is 6.07 Å². The highest BCUT2D eigenvalue weighted by molar-refractivity contribution is 6.30. The molecule has 2 aromatic carbocycles. The van der Waals surface area contributed by atoms with Gasteiger partial charge in [0.2, 0.25) is 0 Å². The van der Waals surface area contributed by atoms with Crippen LogP contribution in [0.3, 0.4) is 0 Å². The van der Waals surface area contributed by atoms with Crippen LogP contribution in [0.25, 0.3) is 0 Å². The van der Waals surface area contributed by atoms with Gasteiger partial charge in [-0.1, -0.05) is 16.8 Å². The van der Waals surface area contributed by atoms with E-state index in [1.165, 1.54) is 0 Å². The van der Waals surface area contributed by atoms with Crippen LogP contribution in [-0.4, -0.2) is 18.8 Å². The highest BCUT2D eigenvalue weighted by Crippen LogP contribution is 2.16. The molecule has 0 aromatic heterocycles. The van der Waals surface area contributed by atoms with Crippen molar-refractivity contribution in [2.75, 3.05) is 13.8 Å². The summed E-state index contributed by atoms with van der Waals surface area (Å²) in [7, 11) is 1.75. The van der Waals surface area contributed by atoms with Crippen LogP contribution in [0.1, 0.15) is 5.56 Å². The summed E-state index contributed by atoms with van der Waals surface area (Å²) in [6, 6.07) is 16.0. The maximum absolute atomic E-state index is 8.70. The fourth-order valence-corrected chi connectivity index (χ4v) is 1.58. The quantitative estimate of drug-likeness (QED) is 0.473. The summed E-state index contributed by atoms with van der Waals surface area (Å²) in [4.78, 5) is 0. The number of nitriles is 1. The topological polar surface area (TPSA) is 61.0 Å². The fraction of sp³-hybridized carbons (Fsp3) is 0.133. The van der Waals surface area contributed by atoms with Gasteiger partial charge in [0.1, 0.15) is 5.75 Å². The number of benzene rings is 2. The van der Waals surface area contributed by atoms with Gasteiger partial charge in [0.25, 0.3) is 0 Å². The lowest BCUT2D eigenvalue weighted by Gasteiger charge is -2.12. The molecule has 0 aliphatic carbocycles. The van der Waals surface area contributed by atoms with Crippen molar-refractivity contribution >= 4 is 17.3 Å². The van der Waals surface area contributed by atoms with E-state index in [0.29, 0.717) is 22.0 Å². The van der Waals surface area contributed by atoms with Gasteiger partial charge in [-0.15, -0.1) is 5.11 Å². The number of halogens is 1. The van der Waals surface area contributed by atoms with Crippen LogP contribution >= 0.6 is 11.6 Å². The molecule has 0 aliphatic rings. The molecule has 2 aromatic rings. The van der Waals surface area contributed by atoms with Crippen molar-refractivity contribution in [2.45, 2.75) is 0 Å². The van der Waals surface area contributed by atoms with Crippen molar-refractivity contribution in [3.63, 3.8) is 0 Å². The zero-order chi connectivity index (χ0) is 15.1. The molecule has 0 atom stereocenters. The van der Waals surface area contributed by atoms with Crippen molar-refractivity contribution < 1.29 is 4.74 Å². The Morgan fingerprint density at radius 3 is 2.43 bits per heavy atom. The lowest BCUT2D eigenvalue weighted by Crippen LogP contribution is -2.17. The predicted molar refractivity (Wildman–Crippen MR) is 80.4 cm³/mol. The van der Waals surface area contributed by atoms with Crippen molar-refractivity contribution in [2.24, 2.45) is 10.3 Å². The van der Waals surface area contributed by atoms with Crippen LogP contribution in [-0.2, 0) is 0 Å². The van der Waals surface area contributed by atoms with Crippen LogP contribution < -0.4 is 4.74 Å². The summed E-state index contributed by atoms with van der Waals surface area (Å²) in [5.41, 5.74) is 1.26. The third-order valence-electron chi connectivity index (χ3n) is 2.54. The van der Waals surface area contributed by atoms with Crippen LogP contribution in [0.2, 0.25) is 5.02 Å². The standard InChI is InChI=1S/C15H13ClN4O/c1-20(11-21-15-8-4-13(16)5-9-15)19-18-14-6-2-12(10-17)3-7-14/h2-9H,11H2,1H3. The molecule has 2 rings (SSSR count). The molecule has 0 bridgehead atoms. The monoisotopic (exact) mass is 300 g/mol. The highest BCUT2D eigenvalue weighted by Gasteiger charge is 1.97. The summed E-state index contributed by atoms with van der Waals surface area (Å²) in [5, 5.41) is 19.0. The van der Waals surface area contributed by atoms with Crippen LogP contribution in [0.15, 0.2) is 58.9 Å². The summed E-state index contributed by atoms with van der Waals surface area (Å²) < 4.78 is 5.52. The van der Waals surface area contributed by atoms with Crippen LogP contribution in [0.5, 0.6) is 5.75 Å². The van der Waals surface area contributed by atoms with Gasteiger partial charge in [-0.25, -0.2) is 5.01 Å². The Kier molecular flexibility index (Phi) is 5.13. The Morgan fingerprint density at radius 2 is 1.81 bits per heavy atom. The van der Waals surface area contributed by atoms with Crippen LogP contribution in [0.4, 0.5) is 5.69 Å².